The molecule has 0 bridgehead atoms. The van der Waals surface area contributed by atoms with Crippen molar-refractivity contribution in [2.75, 3.05) is 6.54 Å². The highest BCUT2D eigenvalue weighted by atomic mass is 14.9. The van der Waals surface area contributed by atoms with Gasteiger partial charge in [0.1, 0.15) is 0 Å². The Kier molecular flexibility index (Phi) is 3.07. The molecule has 1 aromatic carbocycles. The molecule has 1 N–H and O–H groups in total. The summed E-state index contributed by atoms with van der Waals surface area (Å²) in [7, 11) is 0. The van der Waals surface area contributed by atoms with Crippen molar-refractivity contribution >= 4 is 0 Å². The molecule has 88 valence electrons. The second-order valence-electron chi connectivity index (χ2n) is 5.56. The standard InChI is InChI=1S/C15H23N/c1-9(2)15-14-11(4)7-6-10(3)13(14)12(5)8-16-15/h6-7,9,12,15-16H,8H2,1-5H3. The van der Waals surface area contributed by atoms with Crippen molar-refractivity contribution in [3.8, 4) is 0 Å². The predicted molar refractivity (Wildman–Crippen MR) is 69.9 cm³/mol. The minimum atomic E-state index is 0.533. The fourth-order valence-corrected chi connectivity index (χ4v) is 3.00. The van der Waals surface area contributed by atoms with Crippen LogP contribution in [0.2, 0.25) is 0 Å². The second-order valence-corrected chi connectivity index (χ2v) is 5.56. The summed E-state index contributed by atoms with van der Waals surface area (Å²) < 4.78 is 0. The lowest BCUT2D eigenvalue weighted by Crippen LogP contribution is -2.36. The Morgan fingerprint density at radius 1 is 1.12 bits per heavy atom. The van der Waals surface area contributed by atoms with Gasteiger partial charge < -0.3 is 5.32 Å². The van der Waals surface area contributed by atoms with Crippen LogP contribution in [0.3, 0.4) is 0 Å². The molecule has 0 aromatic heterocycles. The third kappa shape index (κ3) is 1.78. The molecule has 0 radical (unpaired) electrons. The summed E-state index contributed by atoms with van der Waals surface area (Å²) in [6.07, 6.45) is 0. The van der Waals surface area contributed by atoms with Gasteiger partial charge in [0.2, 0.25) is 0 Å². The van der Waals surface area contributed by atoms with Gasteiger partial charge in [-0.05, 0) is 47.9 Å². The minimum Gasteiger partial charge on any atom is -0.309 e. The Labute approximate surface area is 99.3 Å². The summed E-state index contributed by atoms with van der Waals surface area (Å²) in [5.74, 6) is 1.30. The van der Waals surface area contributed by atoms with Crippen LogP contribution >= 0.6 is 0 Å². The lowest BCUT2D eigenvalue weighted by Gasteiger charge is -2.36. The summed E-state index contributed by atoms with van der Waals surface area (Å²) in [4.78, 5) is 0. The molecule has 0 spiro atoms. The van der Waals surface area contributed by atoms with Crippen LogP contribution < -0.4 is 5.32 Å². The molecule has 1 heteroatoms. The Hall–Kier alpha value is -0.820. The molecule has 1 aromatic rings. The van der Waals surface area contributed by atoms with Gasteiger partial charge in [-0.2, -0.15) is 0 Å². The zero-order valence-electron chi connectivity index (χ0n) is 11.1. The summed E-state index contributed by atoms with van der Waals surface area (Å²) >= 11 is 0. The van der Waals surface area contributed by atoms with E-state index in [2.05, 4.69) is 52.1 Å². The molecule has 0 amide bonds. The van der Waals surface area contributed by atoms with Gasteiger partial charge in [0, 0.05) is 12.6 Å². The van der Waals surface area contributed by atoms with Gasteiger partial charge >= 0.3 is 0 Å². The summed E-state index contributed by atoms with van der Waals surface area (Å²) in [5.41, 5.74) is 6.06. The van der Waals surface area contributed by atoms with E-state index in [9.17, 15) is 0 Å². The maximum absolute atomic E-state index is 3.69. The van der Waals surface area contributed by atoms with Crippen LogP contribution in [-0.4, -0.2) is 6.54 Å². The van der Waals surface area contributed by atoms with E-state index < -0.39 is 0 Å². The van der Waals surface area contributed by atoms with E-state index in [0.29, 0.717) is 17.9 Å². The highest BCUT2D eigenvalue weighted by Crippen LogP contribution is 2.37. The number of benzene rings is 1. The van der Waals surface area contributed by atoms with Gasteiger partial charge in [-0.1, -0.05) is 32.9 Å². The maximum atomic E-state index is 3.69. The van der Waals surface area contributed by atoms with Crippen molar-refractivity contribution in [3.05, 3.63) is 34.4 Å². The van der Waals surface area contributed by atoms with Gasteiger partial charge in [-0.25, -0.2) is 0 Å². The molecule has 1 nitrogen and oxygen atoms in total. The first-order valence-corrected chi connectivity index (χ1v) is 6.35. The quantitative estimate of drug-likeness (QED) is 0.756. The Bertz CT molecular complexity index is 393. The molecule has 1 aliphatic rings. The molecule has 1 aliphatic heterocycles. The zero-order chi connectivity index (χ0) is 11.9. The van der Waals surface area contributed by atoms with Crippen molar-refractivity contribution in [1.82, 2.24) is 5.32 Å². The van der Waals surface area contributed by atoms with Crippen molar-refractivity contribution in [3.63, 3.8) is 0 Å². The van der Waals surface area contributed by atoms with Gasteiger partial charge in [-0.15, -0.1) is 0 Å². The van der Waals surface area contributed by atoms with E-state index in [1.807, 2.05) is 0 Å². The molecule has 2 rings (SSSR count). The topological polar surface area (TPSA) is 12.0 Å². The van der Waals surface area contributed by atoms with E-state index in [4.69, 9.17) is 0 Å². The smallest absolute Gasteiger partial charge is 0.0349 e. The van der Waals surface area contributed by atoms with Crippen molar-refractivity contribution in [1.29, 1.82) is 0 Å². The third-order valence-electron chi connectivity index (χ3n) is 3.84. The molecule has 2 atom stereocenters. The molecule has 0 saturated carbocycles. The third-order valence-corrected chi connectivity index (χ3v) is 3.84. The fourth-order valence-electron chi connectivity index (χ4n) is 3.00. The maximum Gasteiger partial charge on any atom is 0.0349 e. The summed E-state index contributed by atoms with van der Waals surface area (Å²) in [6, 6.07) is 5.07. The first-order valence-electron chi connectivity index (χ1n) is 6.35. The van der Waals surface area contributed by atoms with E-state index >= 15 is 0 Å². The Morgan fingerprint density at radius 2 is 1.69 bits per heavy atom. The van der Waals surface area contributed by atoms with Gasteiger partial charge in [0.05, 0.1) is 0 Å². The molecular weight excluding hydrogens is 194 g/mol. The van der Waals surface area contributed by atoms with E-state index in [1.165, 1.54) is 11.1 Å². The average molecular weight is 217 g/mol. The number of rotatable bonds is 1. The van der Waals surface area contributed by atoms with Crippen LogP contribution in [0.1, 0.15) is 55.0 Å². The minimum absolute atomic E-state index is 0.533. The van der Waals surface area contributed by atoms with Crippen LogP contribution in [0.5, 0.6) is 0 Å². The van der Waals surface area contributed by atoms with E-state index in [1.54, 1.807) is 11.1 Å². The molecule has 1 heterocycles. The van der Waals surface area contributed by atoms with Crippen LogP contribution in [0.15, 0.2) is 12.1 Å². The van der Waals surface area contributed by atoms with Crippen LogP contribution in [-0.2, 0) is 0 Å². The Morgan fingerprint density at radius 3 is 2.25 bits per heavy atom. The fraction of sp³-hybridized carbons (Fsp3) is 0.600. The number of nitrogens with one attached hydrogen (secondary N) is 1. The zero-order valence-corrected chi connectivity index (χ0v) is 11.1. The van der Waals surface area contributed by atoms with Crippen molar-refractivity contribution in [2.24, 2.45) is 5.92 Å². The van der Waals surface area contributed by atoms with Crippen molar-refractivity contribution in [2.45, 2.75) is 46.6 Å². The van der Waals surface area contributed by atoms with E-state index in [0.717, 1.165) is 6.54 Å². The van der Waals surface area contributed by atoms with Gasteiger partial charge in [0.15, 0.2) is 0 Å². The molecule has 0 aliphatic carbocycles. The number of hydrogen-bond donors (Lipinski definition) is 1. The summed E-state index contributed by atoms with van der Waals surface area (Å²) in [6.45, 7) is 12.5. The number of hydrogen-bond acceptors (Lipinski definition) is 1. The van der Waals surface area contributed by atoms with Gasteiger partial charge in [-0.3, -0.25) is 0 Å². The molecule has 0 saturated heterocycles. The van der Waals surface area contributed by atoms with Crippen molar-refractivity contribution < 1.29 is 0 Å². The summed E-state index contributed by atoms with van der Waals surface area (Å²) in [5, 5.41) is 3.69. The lowest BCUT2D eigenvalue weighted by atomic mass is 9.79. The number of aryl methyl sites for hydroxylation is 2. The molecule has 2 unspecified atom stereocenters. The van der Waals surface area contributed by atoms with Crippen LogP contribution in [0, 0.1) is 19.8 Å². The highest BCUT2D eigenvalue weighted by Gasteiger charge is 2.28. The van der Waals surface area contributed by atoms with Gasteiger partial charge in [0.25, 0.3) is 0 Å². The molecule has 0 fully saturated rings. The first-order chi connectivity index (χ1) is 7.52. The van der Waals surface area contributed by atoms with E-state index in [-0.39, 0.29) is 0 Å². The largest absolute Gasteiger partial charge is 0.309 e. The first kappa shape index (κ1) is 11.7. The highest BCUT2D eigenvalue weighted by molar-refractivity contribution is 5.46. The monoisotopic (exact) mass is 217 g/mol. The average Bonchev–Trinajstić information content (AvgIpc) is 2.23. The predicted octanol–water partition coefficient (Wildman–Crippen LogP) is 3.71. The Balaban J connectivity index is 2.60. The molecule has 16 heavy (non-hydrogen) atoms. The van der Waals surface area contributed by atoms with Crippen LogP contribution in [0.4, 0.5) is 0 Å². The number of fused-ring (bicyclic) bond motifs is 1. The van der Waals surface area contributed by atoms with Crippen LogP contribution in [0.25, 0.3) is 0 Å². The second kappa shape index (κ2) is 4.21. The molecular formula is C15H23N. The SMILES string of the molecule is Cc1ccc(C)c2c1C(C)CNC2C(C)C. The normalized spacial score (nSPS) is 24.6. The lowest BCUT2D eigenvalue weighted by molar-refractivity contribution is 0.374.